The Morgan fingerprint density at radius 3 is 1.95 bits per heavy atom. The van der Waals surface area contributed by atoms with Crippen molar-refractivity contribution < 1.29 is 33.4 Å². The van der Waals surface area contributed by atoms with Gasteiger partial charge in [0.15, 0.2) is 0 Å². The maximum Gasteiger partial charge on any atom is 0.333 e. The molecule has 9 heteroatoms. The lowest BCUT2D eigenvalue weighted by Gasteiger charge is -2.13. The molecular weight excluding hydrogens is 578 g/mol. The third-order valence-electron chi connectivity index (χ3n) is 6.43. The van der Waals surface area contributed by atoms with E-state index in [2.05, 4.69) is 6.58 Å². The summed E-state index contributed by atoms with van der Waals surface area (Å²) in [5.74, 6) is 0.420. The average molecular weight is 612 g/mol. The minimum atomic E-state index is -0.433. The molecule has 3 aromatic rings. The van der Waals surface area contributed by atoms with Crippen LogP contribution in [-0.4, -0.2) is 54.2 Å². The van der Waals surface area contributed by atoms with Crippen molar-refractivity contribution in [2.45, 2.75) is 24.7 Å². The second-order valence-electron chi connectivity index (χ2n) is 9.85. The van der Waals surface area contributed by atoms with Crippen LogP contribution in [0.4, 0.5) is 0 Å². The van der Waals surface area contributed by atoms with Gasteiger partial charge in [-0.25, -0.2) is 4.79 Å². The van der Waals surface area contributed by atoms with E-state index < -0.39 is 5.97 Å². The Labute approximate surface area is 261 Å². The lowest BCUT2D eigenvalue weighted by atomic mass is 10.1. The summed E-state index contributed by atoms with van der Waals surface area (Å²) in [5, 5.41) is -0.0846. The summed E-state index contributed by atoms with van der Waals surface area (Å²) in [5.41, 5.74) is 3.25. The number of carbonyl (C=O) groups excluding carboxylic acids is 4. The third-order valence-corrected chi connectivity index (χ3v) is 7.28. The molecule has 3 aromatic carbocycles. The zero-order chi connectivity index (χ0) is 31.3. The van der Waals surface area contributed by atoms with Gasteiger partial charge in [-0.3, -0.25) is 19.3 Å². The van der Waals surface area contributed by atoms with Gasteiger partial charge in [-0.2, -0.15) is 0 Å². The monoisotopic (exact) mass is 611 g/mol. The molecule has 4 rings (SSSR count). The highest BCUT2D eigenvalue weighted by atomic mass is 32.2. The average Bonchev–Trinajstić information content (AvgIpc) is 3.35. The minimum Gasteiger partial charge on any atom is -0.494 e. The summed E-state index contributed by atoms with van der Waals surface area (Å²) in [6.45, 7) is 6.40. The predicted molar refractivity (Wildman–Crippen MR) is 170 cm³/mol. The Bertz CT molecular complexity index is 1520. The Morgan fingerprint density at radius 2 is 1.34 bits per heavy atom. The van der Waals surface area contributed by atoms with Gasteiger partial charge in [-0.15, -0.1) is 0 Å². The van der Waals surface area contributed by atoms with Gasteiger partial charge in [0.2, 0.25) is 5.12 Å². The van der Waals surface area contributed by atoms with Crippen LogP contribution in [0, 0.1) is 0 Å². The van der Waals surface area contributed by atoms with Gasteiger partial charge < -0.3 is 14.2 Å². The van der Waals surface area contributed by atoms with Crippen LogP contribution in [0.1, 0.15) is 25.3 Å². The first-order valence-corrected chi connectivity index (χ1v) is 14.9. The van der Waals surface area contributed by atoms with Crippen LogP contribution in [-0.2, 0) is 23.9 Å². The van der Waals surface area contributed by atoms with E-state index in [-0.39, 0.29) is 30.1 Å². The van der Waals surface area contributed by atoms with Gasteiger partial charge in [-0.05, 0) is 90.7 Å². The molecule has 0 aliphatic carbocycles. The van der Waals surface area contributed by atoms with Crippen LogP contribution in [0.25, 0.3) is 17.2 Å². The number of nitrogens with zero attached hydrogens (tertiary/aromatic N) is 1. The fourth-order valence-electron chi connectivity index (χ4n) is 4.08. The number of unbranched alkanes of at least 4 members (excludes halogenated alkanes) is 1. The van der Waals surface area contributed by atoms with Crippen LogP contribution >= 0.6 is 11.8 Å². The molecule has 0 saturated heterocycles. The number of esters is 1. The molecule has 226 valence electrons. The molecule has 0 atom stereocenters. The van der Waals surface area contributed by atoms with Crippen molar-refractivity contribution in [3.05, 3.63) is 109 Å². The molecule has 0 saturated carbocycles. The lowest BCUT2D eigenvalue weighted by molar-refractivity contribution is -0.140. The van der Waals surface area contributed by atoms with E-state index >= 15 is 0 Å². The van der Waals surface area contributed by atoms with Gasteiger partial charge in [0.25, 0.3) is 11.8 Å². The van der Waals surface area contributed by atoms with Gasteiger partial charge in [0, 0.05) is 29.2 Å². The molecule has 0 spiro atoms. The van der Waals surface area contributed by atoms with Gasteiger partial charge in [-0.1, -0.05) is 49.1 Å². The third kappa shape index (κ3) is 9.84. The standard InChI is InChI=1S/C35H33NO7S/c1-25(2)35(40)43-24-23-42-30-14-8-27(9-15-30)28-10-16-31(17-11-28)44-34(39)20-7-26-5-12-29(13-6-26)41-22-4-3-21-36-32(37)18-19-33(36)38/h5-20H,1,3-4,21-24H2,2H3/b20-7+. The second-order valence-corrected chi connectivity index (χ2v) is 10.9. The van der Waals surface area contributed by atoms with Gasteiger partial charge in [0.05, 0.1) is 6.61 Å². The van der Waals surface area contributed by atoms with Crippen molar-refractivity contribution >= 4 is 40.7 Å². The number of amides is 2. The highest BCUT2D eigenvalue weighted by Crippen LogP contribution is 2.27. The van der Waals surface area contributed by atoms with Crippen molar-refractivity contribution in [3.63, 3.8) is 0 Å². The Kier molecular flexibility index (Phi) is 11.7. The van der Waals surface area contributed by atoms with E-state index in [1.165, 1.54) is 17.1 Å². The smallest absolute Gasteiger partial charge is 0.333 e. The SMILES string of the molecule is C=C(C)C(=O)OCCOc1ccc(-c2ccc(SC(=O)/C=C/c3ccc(OCCCCN4C(=O)C=CC4=O)cc3)cc2)cc1. The molecule has 1 heterocycles. The topological polar surface area (TPSA) is 99.2 Å². The molecule has 0 unspecified atom stereocenters. The highest BCUT2D eigenvalue weighted by Gasteiger charge is 2.22. The van der Waals surface area contributed by atoms with Crippen LogP contribution in [0.2, 0.25) is 0 Å². The number of benzene rings is 3. The normalized spacial score (nSPS) is 12.5. The highest BCUT2D eigenvalue weighted by molar-refractivity contribution is 8.14. The number of hydrogen-bond donors (Lipinski definition) is 0. The summed E-state index contributed by atoms with van der Waals surface area (Å²) in [4.78, 5) is 49.1. The Hall–Kier alpha value is -4.89. The van der Waals surface area contributed by atoms with Gasteiger partial charge >= 0.3 is 5.97 Å². The number of rotatable bonds is 15. The summed E-state index contributed by atoms with van der Waals surface area (Å²) < 4.78 is 16.4. The molecule has 0 fully saturated rings. The quantitative estimate of drug-likeness (QED) is 0.0652. The summed E-state index contributed by atoms with van der Waals surface area (Å²) in [6, 6.07) is 22.8. The van der Waals surface area contributed by atoms with E-state index in [0.717, 1.165) is 33.3 Å². The summed E-state index contributed by atoms with van der Waals surface area (Å²) in [6.07, 6.45) is 7.27. The largest absolute Gasteiger partial charge is 0.494 e. The van der Waals surface area contributed by atoms with Crippen molar-refractivity contribution in [1.29, 1.82) is 0 Å². The number of imide groups is 1. The summed E-state index contributed by atoms with van der Waals surface area (Å²) >= 11 is 1.15. The summed E-state index contributed by atoms with van der Waals surface area (Å²) in [7, 11) is 0. The van der Waals surface area contributed by atoms with Crippen LogP contribution in [0.15, 0.2) is 108 Å². The molecule has 44 heavy (non-hydrogen) atoms. The molecule has 0 bridgehead atoms. The van der Waals surface area contributed by atoms with E-state index in [1.807, 2.05) is 72.8 Å². The molecule has 0 aromatic heterocycles. The lowest BCUT2D eigenvalue weighted by Crippen LogP contribution is -2.31. The Balaban J connectivity index is 1.16. The maximum absolute atomic E-state index is 12.5. The zero-order valence-electron chi connectivity index (χ0n) is 24.4. The minimum absolute atomic E-state index is 0.0846. The first-order valence-electron chi connectivity index (χ1n) is 14.1. The molecule has 0 N–H and O–H groups in total. The van der Waals surface area contributed by atoms with Crippen molar-refractivity contribution in [1.82, 2.24) is 4.90 Å². The fraction of sp³-hybridized carbons (Fsp3) is 0.200. The molecule has 1 aliphatic rings. The van der Waals surface area contributed by atoms with E-state index in [4.69, 9.17) is 14.2 Å². The molecule has 1 aliphatic heterocycles. The number of ether oxygens (including phenoxy) is 3. The van der Waals surface area contributed by atoms with Crippen molar-refractivity contribution in [2.75, 3.05) is 26.4 Å². The number of carbonyl (C=O) groups is 4. The zero-order valence-corrected chi connectivity index (χ0v) is 25.2. The van der Waals surface area contributed by atoms with Crippen molar-refractivity contribution in [2.24, 2.45) is 0 Å². The molecule has 2 amide bonds. The van der Waals surface area contributed by atoms with E-state index in [1.54, 1.807) is 19.1 Å². The van der Waals surface area contributed by atoms with Crippen LogP contribution in [0.5, 0.6) is 11.5 Å². The molecule has 8 nitrogen and oxygen atoms in total. The number of thioether (sulfide) groups is 1. The van der Waals surface area contributed by atoms with Crippen molar-refractivity contribution in [3.8, 4) is 22.6 Å². The van der Waals surface area contributed by atoms with E-state index in [0.29, 0.717) is 43.1 Å². The predicted octanol–water partition coefficient (Wildman–Crippen LogP) is 6.27. The fourth-order valence-corrected chi connectivity index (χ4v) is 4.72. The first-order chi connectivity index (χ1) is 21.3. The number of hydrogen-bond acceptors (Lipinski definition) is 8. The Morgan fingerprint density at radius 1 is 0.773 bits per heavy atom. The molecule has 0 radical (unpaired) electrons. The second kappa shape index (κ2) is 16.1. The first kappa shape index (κ1) is 32.0. The van der Waals surface area contributed by atoms with Crippen LogP contribution in [0.3, 0.4) is 0 Å². The maximum atomic E-state index is 12.5. The molecular formula is C35H33NO7S. The van der Waals surface area contributed by atoms with E-state index in [9.17, 15) is 19.2 Å². The van der Waals surface area contributed by atoms with Gasteiger partial charge in [0.1, 0.15) is 24.7 Å². The van der Waals surface area contributed by atoms with Crippen LogP contribution < -0.4 is 9.47 Å².